The van der Waals surface area contributed by atoms with Crippen molar-refractivity contribution in [3.05, 3.63) is 0 Å². The molecule has 0 heterocycles. The second-order valence-electron chi connectivity index (χ2n) is 3.88. The quantitative estimate of drug-likeness (QED) is 0.632. The molecule has 0 aliphatic rings. The molecule has 1 amide bonds. The Kier molecular flexibility index (Phi) is 5.05. The smallest absolute Gasteiger partial charge is 0.236 e. The topological polar surface area (TPSA) is 69.6 Å². The third-order valence-electron chi connectivity index (χ3n) is 2.20. The molecule has 84 valence electrons. The molecule has 0 spiro atoms. The highest BCUT2D eigenvalue weighted by atomic mass is 79.9. The van der Waals surface area contributed by atoms with Crippen LogP contribution in [0.3, 0.4) is 0 Å². The van der Waals surface area contributed by atoms with Crippen molar-refractivity contribution >= 4 is 21.8 Å². The molecule has 3 N–H and O–H groups in total. The lowest BCUT2D eigenvalue weighted by atomic mass is 9.97. The van der Waals surface area contributed by atoms with Gasteiger partial charge in [0, 0.05) is 0 Å². The summed E-state index contributed by atoms with van der Waals surface area (Å²) in [5.41, 5.74) is -0.915. The fraction of sp³-hybridized carbons (Fsp3) is 0.889. The molecule has 5 heteroatoms. The number of aliphatic hydroxyl groups is 2. The van der Waals surface area contributed by atoms with Gasteiger partial charge >= 0.3 is 0 Å². The van der Waals surface area contributed by atoms with Crippen LogP contribution in [-0.4, -0.2) is 39.2 Å². The number of alkyl halides is 1. The zero-order valence-corrected chi connectivity index (χ0v) is 10.4. The standard InChI is InChI=1S/C9H18BrNO3/c1-4-9(5-12,6-13)11-7(14)8(2,3)10/h12-13H,4-6H2,1-3H3,(H,11,14). The van der Waals surface area contributed by atoms with Gasteiger partial charge < -0.3 is 15.5 Å². The lowest BCUT2D eigenvalue weighted by molar-refractivity contribution is -0.125. The van der Waals surface area contributed by atoms with Crippen LogP contribution in [0.25, 0.3) is 0 Å². The third-order valence-corrected chi connectivity index (χ3v) is 2.56. The van der Waals surface area contributed by atoms with E-state index in [2.05, 4.69) is 21.2 Å². The van der Waals surface area contributed by atoms with Crippen molar-refractivity contribution in [2.75, 3.05) is 13.2 Å². The first-order valence-electron chi connectivity index (χ1n) is 4.54. The number of aliphatic hydroxyl groups excluding tert-OH is 2. The molecule has 14 heavy (non-hydrogen) atoms. The molecule has 0 unspecified atom stereocenters. The first kappa shape index (κ1) is 13.9. The minimum atomic E-state index is -0.915. The van der Waals surface area contributed by atoms with Crippen LogP contribution in [0.15, 0.2) is 0 Å². The summed E-state index contributed by atoms with van der Waals surface area (Å²) in [7, 11) is 0. The molecule has 0 fully saturated rings. The van der Waals surface area contributed by atoms with E-state index in [4.69, 9.17) is 10.2 Å². The molecular weight excluding hydrogens is 250 g/mol. The number of hydrogen-bond donors (Lipinski definition) is 3. The molecule has 0 aliphatic heterocycles. The van der Waals surface area contributed by atoms with Crippen molar-refractivity contribution in [1.82, 2.24) is 5.32 Å². The highest BCUT2D eigenvalue weighted by Gasteiger charge is 2.33. The molecule has 0 aromatic heterocycles. The van der Waals surface area contributed by atoms with E-state index < -0.39 is 9.86 Å². The first-order chi connectivity index (χ1) is 6.31. The maximum atomic E-state index is 11.6. The minimum absolute atomic E-state index is 0.248. The molecule has 0 saturated heterocycles. The molecule has 0 bridgehead atoms. The lowest BCUT2D eigenvalue weighted by Crippen LogP contribution is -2.57. The van der Waals surface area contributed by atoms with E-state index in [0.29, 0.717) is 6.42 Å². The molecule has 0 aliphatic carbocycles. The second kappa shape index (κ2) is 5.09. The molecule has 0 atom stereocenters. The Hall–Kier alpha value is -0.130. The maximum absolute atomic E-state index is 11.6. The number of rotatable bonds is 5. The molecule has 0 rings (SSSR count). The first-order valence-corrected chi connectivity index (χ1v) is 5.34. The second-order valence-corrected chi connectivity index (χ2v) is 5.86. The van der Waals surface area contributed by atoms with Crippen molar-refractivity contribution in [2.24, 2.45) is 0 Å². The molecule has 0 aromatic rings. The van der Waals surface area contributed by atoms with E-state index in [1.54, 1.807) is 20.8 Å². The van der Waals surface area contributed by atoms with Gasteiger partial charge in [-0.2, -0.15) is 0 Å². The number of carbonyl (C=O) groups is 1. The summed E-state index contributed by atoms with van der Waals surface area (Å²) < 4.78 is -0.697. The number of carbonyl (C=O) groups excluding carboxylic acids is 1. The number of halogens is 1. The van der Waals surface area contributed by atoms with E-state index in [0.717, 1.165) is 0 Å². The fourth-order valence-corrected chi connectivity index (χ4v) is 0.930. The molecule has 4 nitrogen and oxygen atoms in total. The van der Waals surface area contributed by atoms with Gasteiger partial charge in [-0.15, -0.1) is 0 Å². The van der Waals surface area contributed by atoms with Gasteiger partial charge in [0.15, 0.2) is 0 Å². The van der Waals surface area contributed by atoms with Gasteiger partial charge in [-0.05, 0) is 20.3 Å². The van der Waals surface area contributed by atoms with Crippen LogP contribution in [0, 0.1) is 0 Å². The van der Waals surface area contributed by atoms with Crippen LogP contribution in [0.4, 0.5) is 0 Å². The van der Waals surface area contributed by atoms with Gasteiger partial charge in [0.1, 0.15) is 0 Å². The Balaban J connectivity index is 4.54. The zero-order chi connectivity index (χ0) is 11.4. The van der Waals surface area contributed by atoms with E-state index in [-0.39, 0.29) is 19.1 Å². The normalized spacial score (nSPS) is 12.7. The Morgan fingerprint density at radius 3 is 2.00 bits per heavy atom. The summed E-state index contributed by atoms with van der Waals surface area (Å²) in [6.07, 6.45) is 0.481. The highest BCUT2D eigenvalue weighted by molar-refractivity contribution is 9.10. The Labute approximate surface area is 92.8 Å². The SMILES string of the molecule is CCC(CO)(CO)NC(=O)C(C)(C)Br. The summed E-state index contributed by atoms with van der Waals surface area (Å²) >= 11 is 3.21. The summed E-state index contributed by atoms with van der Waals surface area (Å²) in [5, 5.41) is 20.8. The van der Waals surface area contributed by atoms with E-state index in [9.17, 15) is 4.79 Å². The van der Waals surface area contributed by atoms with E-state index in [1.165, 1.54) is 0 Å². The zero-order valence-electron chi connectivity index (χ0n) is 8.80. The monoisotopic (exact) mass is 267 g/mol. The summed E-state index contributed by atoms with van der Waals surface area (Å²) in [4.78, 5) is 11.6. The van der Waals surface area contributed by atoms with Gasteiger partial charge in [0.25, 0.3) is 0 Å². The third kappa shape index (κ3) is 3.55. The summed E-state index contributed by atoms with van der Waals surface area (Å²) in [6, 6.07) is 0. The van der Waals surface area contributed by atoms with Gasteiger partial charge in [0.2, 0.25) is 5.91 Å². The molecule has 0 saturated carbocycles. The average molecular weight is 268 g/mol. The Morgan fingerprint density at radius 1 is 1.36 bits per heavy atom. The number of hydrogen-bond acceptors (Lipinski definition) is 3. The molecule has 0 radical (unpaired) electrons. The van der Waals surface area contributed by atoms with Crippen molar-refractivity contribution < 1.29 is 15.0 Å². The summed E-state index contributed by atoms with van der Waals surface area (Å²) in [5.74, 6) is -0.248. The average Bonchev–Trinajstić information content (AvgIpc) is 2.12. The van der Waals surface area contributed by atoms with Crippen LogP contribution in [0.2, 0.25) is 0 Å². The van der Waals surface area contributed by atoms with Gasteiger partial charge in [0.05, 0.1) is 23.1 Å². The van der Waals surface area contributed by atoms with Gasteiger partial charge in [-0.3, -0.25) is 4.79 Å². The van der Waals surface area contributed by atoms with Crippen LogP contribution in [0.5, 0.6) is 0 Å². The van der Waals surface area contributed by atoms with E-state index >= 15 is 0 Å². The van der Waals surface area contributed by atoms with Gasteiger partial charge in [-0.1, -0.05) is 22.9 Å². The van der Waals surface area contributed by atoms with Gasteiger partial charge in [-0.25, -0.2) is 0 Å². The van der Waals surface area contributed by atoms with Crippen LogP contribution in [0.1, 0.15) is 27.2 Å². The van der Waals surface area contributed by atoms with Crippen LogP contribution >= 0.6 is 15.9 Å². The Bertz CT molecular complexity index is 188. The molecular formula is C9H18BrNO3. The molecule has 0 aromatic carbocycles. The maximum Gasteiger partial charge on any atom is 0.236 e. The van der Waals surface area contributed by atoms with E-state index in [1.807, 2.05) is 0 Å². The Morgan fingerprint density at radius 2 is 1.79 bits per heavy atom. The number of amides is 1. The van der Waals surface area contributed by atoms with Crippen LogP contribution < -0.4 is 5.32 Å². The number of nitrogens with one attached hydrogen (secondary N) is 1. The summed E-state index contributed by atoms with van der Waals surface area (Å²) in [6.45, 7) is 4.67. The minimum Gasteiger partial charge on any atom is -0.394 e. The van der Waals surface area contributed by atoms with Crippen LogP contribution in [-0.2, 0) is 4.79 Å². The van der Waals surface area contributed by atoms with Crippen molar-refractivity contribution in [1.29, 1.82) is 0 Å². The predicted molar refractivity (Wildman–Crippen MR) is 58.3 cm³/mol. The highest BCUT2D eigenvalue weighted by Crippen LogP contribution is 2.18. The predicted octanol–water partition coefficient (Wildman–Crippen LogP) is 0.410. The van der Waals surface area contributed by atoms with Crippen molar-refractivity contribution in [3.8, 4) is 0 Å². The van der Waals surface area contributed by atoms with Crippen molar-refractivity contribution in [3.63, 3.8) is 0 Å². The lowest BCUT2D eigenvalue weighted by Gasteiger charge is -2.32. The van der Waals surface area contributed by atoms with Crippen molar-refractivity contribution in [2.45, 2.75) is 37.1 Å². The fourth-order valence-electron chi connectivity index (χ4n) is 0.831. The largest absolute Gasteiger partial charge is 0.394 e.